The predicted molar refractivity (Wildman–Crippen MR) is 103 cm³/mol. The summed E-state index contributed by atoms with van der Waals surface area (Å²) < 4.78 is 0. The molecular formula is C20H25ClN4O. The van der Waals surface area contributed by atoms with E-state index in [-0.39, 0.29) is 11.8 Å². The van der Waals surface area contributed by atoms with E-state index in [0.717, 1.165) is 55.4 Å². The lowest BCUT2D eigenvalue weighted by molar-refractivity contribution is -0.136. The highest BCUT2D eigenvalue weighted by atomic mass is 35.5. The van der Waals surface area contributed by atoms with Crippen LogP contribution < -0.4 is 0 Å². The van der Waals surface area contributed by atoms with Gasteiger partial charge in [0.15, 0.2) is 0 Å². The Morgan fingerprint density at radius 2 is 1.96 bits per heavy atom. The number of nitrogens with one attached hydrogen (secondary N) is 1. The van der Waals surface area contributed by atoms with Crippen LogP contribution in [-0.4, -0.2) is 51.9 Å². The van der Waals surface area contributed by atoms with Crippen molar-refractivity contribution >= 4 is 17.5 Å². The van der Waals surface area contributed by atoms with E-state index in [1.165, 1.54) is 12.8 Å². The van der Waals surface area contributed by atoms with Gasteiger partial charge in [-0.15, -0.1) is 0 Å². The number of benzene rings is 1. The molecule has 2 aliphatic heterocycles. The van der Waals surface area contributed by atoms with Gasteiger partial charge in [0.1, 0.15) is 5.82 Å². The molecule has 1 N–H and O–H groups in total. The summed E-state index contributed by atoms with van der Waals surface area (Å²) in [5.74, 6) is 1.16. The van der Waals surface area contributed by atoms with Crippen molar-refractivity contribution < 1.29 is 4.79 Å². The van der Waals surface area contributed by atoms with E-state index in [2.05, 4.69) is 16.8 Å². The van der Waals surface area contributed by atoms with Gasteiger partial charge in [0.25, 0.3) is 0 Å². The molecule has 2 aromatic rings. The molecule has 1 saturated heterocycles. The van der Waals surface area contributed by atoms with Crippen LogP contribution in [-0.2, 0) is 17.8 Å². The SMILES string of the molecule is C[C@H](CN1CCCC1)C(=O)N1CCc2nc(-c3ccc(Cl)cc3)[nH]c2C1. The summed E-state index contributed by atoms with van der Waals surface area (Å²) in [7, 11) is 0. The third-order valence-corrected chi connectivity index (χ3v) is 5.67. The first-order valence-corrected chi connectivity index (χ1v) is 9.83. The van der Waals surface area contributed by atoms with E-state index in [1.807, 2.05) is 29.2 Å². The topological polar surface area (TPSA) is 52.2 Å². The van der Waals surface area contributed by atoms with E-state index in [0.29, 0.717) is 11.6 Å². The molecule has 2 aliphatic rings. The number of hydrogen-bond donors (Lipinski definition) is 1. The molecule has 0 aliphatic carbocycles. The number of rotatable bonds is 4. The van der Waals surface area contributed by atoms with Gasteiger partial charge in [0.05, 0.1) is 17.9 Å². The lowest BCUT2D eigenvalue weighted by Crippen LogP contribution is -2.42. The normalized spacial score (nSPS) is 18.8. The van der Waals surface area contributed by atoms with Crippen molar-refractivity contribution in [2.45, 2.75) is 32.7 Å². The summed E-state index contributed by atoms with van der Waals surface area (Å²) in [6.07, 6.45) is 3.33. The lowest BCUT2D eigenvalue weighted by Gasteiger charge is -2.30. The van der Waals surface area contributed by atoms with Crippen molar-refractivity contribution in [3.05, 3.63) is 40.7 Å². The second-order valence-electron chi connectivity index (χ2n) is 7.44. The highest BCUT2D eigenvalue weighted by molar-refractivity contribution is 6.30. The number of nitrogens with zero attached hydrogens (tertiary/aromatic N) is 3. The molecular weight excluding hydrogens is 348 g/mol. The Morgan fingerprint density at radius 1 is 1.23 bits per heavy atom. The monoisotopic (exact) mass is 372 g/mol. The maximum atomic E-state index is 12.9. The number of likely N-dealkylation sites (tertiary alicyclic amines) is 1. The van der Waals surface area contributed by atoms with Gasteiger partial charge in [0.2, 0.25) is 5.91 Å². The summed E-state index contributed by atoms with van der Waals surface area (Å²) >= 11 is 5.97. The molecule has 0 saturated carbocycles. The van der Waals surface area contributed by atoms with Crippen LogP contribution in [0.4, 0.5) is 0 Å². The number of aromatic amines is 1. The number of fused-ring (bicyclic) bond motifs is 1. The van der Waals surface area contributed by atoms with Crippen molar-refractivity contribution in [2.24, 2.45) is 5.92 Å². The van der Waals surface area contributed by atoms with Crippen LogP contribution >= 0.6 is 11.6 Å². The third-order valence-electron chi connectivity index (χ3n) is 5.41. The summed E-state index contributed by atoms with van der Waals surface area (Å²) in [4.78, 5) is 25.4. The molecule has 0 unspecified atom stereocenters. The number of hydrogen-bond acceptors (Lipinski definition) is 3. The van der Waals surface area contributed by atoms with Crippen molar-refractivity contribution in [1.29, 1.82) is 0 Å². The third kappa shape index (κ3) is 3.64. The minimum absolute atomic E-state index is 0.0494. The molecule has 1 fully saturated rings. The van der Waals surface area contributed by atoms with Gasteiger partial charge < -0.3 is 14.8 Å². The number of aromatic nitrogens is 2. The van der Waals surface area contributed by atoms with Crippen molar-refractivity contribution in [1.82, 2.24) is 19.8 Å². The van der Waals surface area contributed by atoms with Crippen LogP contribution in [0.2, 0.25) is 5.02 Å². The van der Waals surface area contributed by atoms with Crippen molar-refractivity contribution in [2.75, 3.05) is 26.2 Å². The Hall–Kier alpha value is -1.85. The first-order chi connectivity index (χ1) is 12.6. The fourth-order valence-corrected chi connectivity index (χ4v) is 4.09. The van der Waals surface area contributed by atoms with Gasteiger partial charge in [-0.3, -0.25) is 4.79 Å². The first kappa shape index (κ1) is 17.6. The van der Waals surface area contributed by atoms with E-state index in [1.54, 1.807) is 0 Å². The van der Waals surface area contributed by atoms with Crippen LogP contribution in [0.5, 0.6) is 0 Å². The largest absolute Gasteiger partial charge is 0.340 e. The van der Waals surface area contributed by atoms with Gasteiger partial charge in [0, 0.05) is 36.0 Å². The molecule has 1 amide bonds. The number of H-pyrrole nitrogens is 1. The minimum atomic E-state index is 0.0494. The second kappa shape index (κ2) is 7.41. The number of carbonyl (C=O) groups is 1. The first-order valence-electron chi connectivity index (χ1n) is 9.45. The molecule has 138 valence electrons. The fraction of sp³-hybridized carbons (Fsp3) is 0.500. The molecule has 26 heavy (non-hydrogen) atoms. The Kier molecular flexibility index (Phi) is 5.00. The number of halogens is 1. The quantitative estimate of drug-likeness (QED) is 0.895. The predicted octanol–water partition coefficient (Wildman–Crippen LogP) is 3.35. The zero-order valence-electron chi connectivity index (χ0n) is 15.2. The maximum absolute atomic E-state index is 12.9. The molecule has 0 spiro atoms. The van der Waals surface area contributed by atoms with Crippen LogP contribution in [0.1, 0.15) is 31.2 Å². The molecule has 5 nitrogen and oxygen atoms in total. The zero-order chi connectivity index (χ0) is 18.1. The highest BCUT2D eigenvalue weighted by Crippen LogP contribution is 2.25. The van der Waals surface area contributed by atoms with Crippen molar-refractivity contribution in [3.8, 4) is 11.4 Å². The molecule has 0 bridgehead atoms. The Balaban J connectivity index is 1.43. The average molecular weight is 373 g/mol. The smallest absolute Gasteiger partial charge is 0.227 e. The fourth-order valence-electron chi connectivity index (χ4n) is 3.97. The van der Waals surface area contributed by atoms with E-state index < -0.39 is 0 Å². The van der Waals surface area contributed by atoms with Crippen LogP contribution in [0, 0.1) is 5.92 Å². The summed E-state index contributed by atoms with van der Waals surface area (Å²) in [5.41, 5.74) is 3.15. The van der Waals surface area contributed by atoms with Gasteiger partial charge in [-0.1, -0.05) is 18.5 Å². The van der Waals surface area contributed by atoms with Gasteiger partial charge >= 0.3 is 0 Å². The Labute approximate surface area is 159 Å². The van der Waals surface area contributed by atoms with Crippen LogP contribution in [0.15, 0.2) is 24.3 Å². The number of imidazole rings is 1. The van der Waals surface area contributed by atoms with Crippen LogP contribution in [0.25, 0.3) is 11.4 Å². The Bertz CT molecular complexity index is 780. The van der Waals surface area contributed by atoms with Crippen molar-refractivity contribution in [3.63, 3.8) is 0 Å². The molecule has 4 rings (SSSR count). The van der Waals surface area contributed by atoms with Gasteiger partial charge in [-0.05, 0) is 50.2 Å². The molecule has 6 heteroatoms. The maximum Gasteiger partial charge on any atom is 0.227 e. The van der Waals surface area contributed by atoms with Gasteiger partial charge in [-0.25, -0.2) is 4.98 Å². The lowest BCUT2D eigenvalue weighted by atomic mass is 10.1. The standard InChI is InChI=1S/C20H25ClN4O/c1-14(12-24-9-2-3-10-24)20(26)25-11-8-17-18(13-25)23-19(22-17)15-4-6-16(21)7-5-15/h4-7,14H,2-3,8-13H2,1H3,(H,22,23)/t14-/m1/s1. The zero-order valence-corrected chi connectivity index (χ0v) is 15.9. The number of carbonyl (C=O) groups excluding carboxylic acids is 1. The van der Waals surface area contributed by atoms with Crippen LogP contribution in [0.3, 0.4) is 0 Å². The minimum Gasteiger partial charge on any atom is -0.340 e. The molecule has 3 heterocycles. The van der Waals surface area contributed by atoms with Gasteiger partial charge in [-0.2, -0.15) is 0 Å². The number of amides is 1. The van der Waals surface area contributed by atoms with E-state index in [4.69, 9.17) is 16.6 Å². The summed E-state index contributed by atoms with van der Waals surface area (Å²) in [5, 5.41) is 0.717. The average Bonchev–Trinajstić information content (AvgIpc) is 3.30. The Morgan fingerprint density at radius 3 is 2.69 bits per heavy atom. The van der Waals surface area contributed by atoms with E-state index >= 15 is 0 Å². The molecule has 1 aromatic heterocycles. The second-order valence-corrected chi connectivity index (χ2v) is 7.87. The molecule has 1 atom stereocenters. The molecule has 0 radical (unpaired) electrons. The molecule has 1 aromatic carbocycles. The summed E-state index contributed by atoms with van der Waals surface area (Å²) in [6, 6.07) is 7.67. The summed E-state index contributed by atoms with van der Waals surface area (Å²) in [6.45, 7) is 6.57. The highest BCUT2D eigenvalue weighted by Gasteiger charge is 2.28. The van der Waals surface area contributed by atoms with E-state index in [9.17, 15) is 4.79 Å².